The molecular formula is C18H20N2O5S2. The Labute approximate surface area is 159 Å². The topological polar surface area (TPSA) is 102 Å². The molecule has 7 nitrogen and oxygen atoms in total. The van der Waals surface area contributed by atoms with E-state index < -0.39 is 20.0 Å². The van der Waals surface area contributed by atoms with Gasteiger partial charge in [-0.05, 0) is 54.8 Å². The Morgan fingerprint density at radius 2 is 1.59 bits per heavy atom. The SMILES string of the molecule is COc1ccc(CC=NS(=O)(=O)c2ccc(S(=O)(=O)NC3CC3)cc2)cc1. The van der Waals surface area contributed by atoms with Crippen molar-refractivity contribution in [2.75, 3.05) is 7.11 Å². The maximum absolute atomic E-state index is 12.3. The fourth-order valence-corrected chi connectivity index (χ4v) is 4.52. The second kappa shape index (κ2) is 7.79. The van der Waals surface area contributed by atoms with Crippen LogP contribution in [0.4, 0.5) is 0 Å². The zero-order valence-electron chi connectivity index (χ0n) is 14.7. The zero-order valence-corrected chi connectivity index (χ0v) is 16.3. The lowest BCUT2D eigenvalue weighted by molar-refractivity contribution is 0.414. The summed E-state index contributed by atoms with van der Waals surface area (Å²) in [7, 11) is -5.93. The summed E-state index contributed by atoms with van der Waals surface area (Å²) in [6.07, 6.45) is 3.32. The first kappa shape index (κ1) is 19.5. The number of benzene rings is 2. The first-order chi connectivity index (χ1) is 12.8. The summed E-state index contributed by atoms with van der Waals surface area (Å²) < 4.78 is 60.1. The van der Waals surface area contributed by atoms with Crippen molar-refractivity contribution in [3.05, 3.63) is 54.1 Å². The Morgan fingerprint density at radius 1 is 1.00 bits per heavy atom. The number of ether oxygens (including phenoxy) is 1. The molecule has 2 aromatic rings. The van der Waals surface area contributed by atoms with Crippen molar-refractivity contribution in [2.45, 2.75) is 35.1 Å². The maximum atomic E-state index is 12.3. The second-order valence-corrected chi connectivity index (χ2v) is 9.53. The number of rotatable bonds is 8. The van der Waals surface area contributed by atoms with Crippen LogP contribution < -0.4 is 9.46 Å². The third kappa shape index (κ3) is 5.15. The van der Waals surface area contributed by atoms with E-state index in [9.17, 15) is 16.8 Å². The highest BCUT2D eigenvalue weighted by Crippen LogP contribution is 2.23. The molecule has 1 aliphatic rings. The number of hydrogen-bond acceptors (Lipinski definition) is 5. The van der Waals surface area contributed by atoms with Crippen LogP contribution in [-0.4, -0.2) is 36.2 Å². The van der Waals surface area contributed by atoms with Gasteiger partial charge in [0.1, 0.15) is 5.75 Å². The highest BCUT2D eigenvalue weighted by Gasteiger charge is 2.28. The Kier molecular flexibility index (Phi) is 5.64. The van der Waals surface area contributed by atoms with Crippen molar-refractivity contribution in [1.82, 2.24) is 4.72 Å². The summed E-state index contributed by atoms with van der Waals surface area (Å²) in [5, 5.41) is 0. The number of hydrogen-bond donors (Lipinski definition) is 1. The number of nitrogens with one attached hydrogen (secondary N) is 1. The van der Waals surface area contributed by atoms with Crippen LogP contribution in [0.3, 0.4) is 0 Å². The summed E-state index contributed by atoms with van der Waals surface area (Å²) >= 11 is 0. The molecule has 0 aliphatic heterocycles. The van der Waals surface area contributed by atoms with Crippen molar-refractivity contribution in [3.63, 3.8) is 0 Å². The largest absolute Gasteiger partial charge is 0.497 e. The van der Waals surface area contributed by atoms with E-state index in [1.165, 1.54) is 30.5 Å². The van der Waals surface area contributed by atoms with Gasteiger partial charge in [0, 0.05) is 18.7 Å². The first-order valence-corrected chi connectivity index (χ1v) is 11.3. The molecule has 0 saturated heterocycles. The van der Waals surface area contributed by atoms with Gasteiger partial charge in [-0.25, -0.2) is 13.1 Å². The van der Waals surface area contributed by atoms with Gasteiger partial charge in [-0.1, -0.05) is 12.1 Å². The summed E-state index contributed by atoms with van der Waals surface area (Å²) in [5.41, 5.74) is 0.891. The van der Waals surface area contributed by atoms with E-state index in [1.54, 1.807) is 19.2 Å². The van der Waals surface area contributed by atoms with E-state index in [2.05, 4.69) is 9.12 Å². The molecule has 0 bridgehead atoms. The monoisotopic (exact) mass is 408 g/mol. The van der Waals surface area contributed by atoms with E-state index in [0.29, 0.717) is 6.42 Å². The minimum atomic E-state index is -3.89. The van der Waals surface area contributed by atoms with E-state index in [-0.39, 0.29) is 15.8 Å². The zero-order chi connectivity index (χ0) is 19.5. The Hall–Kier alpha value is -2.23. The molecule has 0 radical (unpaired) electrons. The van der Waals surface area contributed by atoms with Gasteiger partial charge in [0.15, 0.2) is 0 Å². The lowest BCUT2D eigenvalue weighted by Crippen LogP contribution is -2.25. The fraction of sp³-hybridized carbons (Fsp3) is 0.278. The second-order valence-electron chi connectivity index (χ2n) is 6.18. The van der Waals surface area contributed by atoms with Crippen molar-refractivity contribution in [3.8, 4) is 5.75 Å². The molecule has 0 unspecified atom stereocenters. The lowest BCUT2D eigenvalue weighted by atomic mass is 10.2. The molecule has 0 heterocycles. The average Bonchev–Trinajstić information content (AvgIpc) is 3.45. The van der Waals surface area contributed by atoms with Gasteiger partial charge in [0.05, 0.1) is 16.9 Å². The van der Waals surface area contributed by atoms with Gasteiger partial charge in [-0.3, -0.25) is 0 Å². The average molecular weight is 409 g/mol. The third-order valence-electron chi connectivity index (χ3n) is 4.03. The number of sulfonamides is 2. The van der Waals surface area contributed by atoms with Crippen LogP contribution in [0.15, 0.2) is 62.7 Å². The quantitative estimate of drug-likeness (QED) is 0.674. The van der Waals surface area contributed by atoms with Crippen LogP contribution >= 0.6 is 0 Å². The van der Waals surface area contributed by atoms with Gasteiger partial charge in [0.25, 0.3) is 10.0 Å². The highest BCUT2D eigenvalue weighted by atomic mass is 32.2. The Bertz CT molecular complexity index is 1020. The van der Waals surface area contributed by atoms with Gasteiger partial charge >= 0.3 is 0 Å². The minimum absolute atomic E-state index is 0.0130. The van der Waals surface area contributed by atoms with Crippen molar-refractivity contribution in [1.29, 1.82) is 0 Å². The Balaban J connectivity index is 1.68. The first-order valence-electron chi connectivity index (χ1n) is 8.34. The van der Waals surface area contributed by atoms with Crippen LogP contribution in [0.5, 0.6) is 5.75 Å². The van der Waals surface area contributed by atoms with Crippen LogP contribution in [0.2, 0.25) is 0 Å². The fourth-order valence-electron chi connectivity index (χ4n) is 2.34. The van der Waals surface area contributed by atoms with Crippen LogP contribution in [0.25, 0.3) is 0 Å². The van der Waals surface area contributed by atoms with E-state index in [4.69, 9.17) is 4.74 Å². The molecule has 0 amide bonds. The molecule has 1 fully saturated rings. The number of nitrogens with zero attached hydrogens (tertiary/aromatic N) is 1. The van der Waals surface area contributed by atoms with Crippen molar-refractivity contribution < 1.29 is 21.6 Å². The van der Waals surface area contributed by atoms with Crippen LogP contribution in [-0.2, 0) is 26.5 Å². The molecule has 0 aromatic heterocycles. The molecule has 144 valence electrons. The maximum Gasteiger partial charge on any atom is 0.281 e. The molecule has 2 aromatic carbocycles. The third-order valence-corrected chi connectivity index (χ3v) is 6.86. The molecular weight excluding hydrogens is 388 g/mol. The predicted molar refractivity (Wildman–Crippen MR) is 102 cm³/mol. The lowest BCUT2D eigenvalue weighted by Gasteiger charge is -2.06. The molecule has 1 N–H and O–H groups in total. The Morgan fingerprint density at radius 3 is 2.15 bits per heavy atom. The van der Waals surface area contributed by atoms with Crippen LogP contribution in [0, 0.1) is 0 Å². The standard InChI is InChI=1S/C18H20N2O5S2/c1-25-16-6-2-14(3-7-16)12-13-19-26(21,22)17-8-10-18(11-9-17)27(23,24)20-15-4-5-15/h2-3,6-11,13,15,20H,4-5,12H2,1H3. The predicted octanol–water partition coefficient (Wildman–Crippen LogP) is 2.14. The van der Waals surface area contributed by atoms with Gasteiger partial charge in [-0.15, -0.1) is 0 Å². The summed E-state index contributed by atoms with van der Waals surface area (Å²) in [5.74, 6) is 0.717. The summed E-state index contributed by atoms with van der Waals surface area (Å²) in [6.45, 7) is 0. The highest BCUT2D eigenvalue weighted by molar-refractivity contribution is 7.90. The van der Waals surface area contributed by atoms with E-state index >= 15 is 0 Å². The molecule has 0 atom stereocenters. The summed E-state index contributed by atoms with van der Waals surface area (Å²) in [4.78, 5) is -0.0191. The number of methoxy groups -OCH3 is 1. The molecule has 9 heteroatoms. The van der Waals surface area contributed by atoms with Crippen LogP contribution in [0.1, 0.15) is 18.4 Å². The molecule has 1 saturated carbocycles. The van der Waals surface area contributed by atoms with Crippen molar-refractivity contribution in [2.24, 2.45) is 4.40 Å². The van der Waals surface area contributed by atoms with Gasteiger partial charge in [-0.2, -0.15) is 12.8 Å². The molecule has 27 heavy (non-hydrogen) atoms. The van der Waals surface area contributed by atoms with E-state index in [1.807, 2.05) is 12.1 Å². The minimum Gasteiger partial charge on any atom is -0.497 e. The van der Waals surface area contributed by atoms with E-state index in [0.717, 1.165) is 24.2 Å². The molecule has 1 aliphatic carbocycles. The normalized spacial score (nSPS) is 15.1. The van der Waals surface area contributed by atoms with Gasteiger partial charge < -0.3 is 4.74 Å². The smallest absolute Gasteiger partial charge is 0.281 e. The molecule has 0 spiro atoms. The summed E-state index contributed by atoms with van der Waals surface area (Å²) in [6, 6.07) is 12.3. The molecule has 3 rings (SSSR count). The van der Waals surface area contributed by atoms with Gasteiger partial charge in [0.2, 0.25) is 10.0 Å². The van der Waals surface area contributed by atoms with Crippen molar-refractivity contribution >= 4 is 26.3 Å².